The maximum atomic E-state index is 12.0. The number of hydrogen-bond acceptors (Lipinski definition) is 2. The summed E-state index contributed by atoms with van der Waals surface area (Å²) in [5, 5.41) is 2.94. The highest BCUT2D eigenvalue weighted by molar-refractivity contribution is 7.83. The minimum atomic E-state index is -0.908. The van der Waals surface area contributed by atoms with Gasteiger partial charge in [0.2, 0.25) is 5.91 Å². The van der Waals surface area contributed by atoms with Gasteiger partial charge in [0.15, 0.2) is 0 Å². The van der Waals surface area contributed by atoms with Crippen molar-refractivity contribution in [3.8, 4) is 0 Å². The van der Waals surface area contributed by atoms with E-state index >= 15 is 0 Å². The van der Waals surface area contributed by atoms with Gasteiger partial charge in [0.1, 0.15) is 0 Å². The number of para-hydroxylation sites is 1. The van der Waals surface area contributed by atoms with Gasteiger partial charge in [-0.25, -0.2) is 0 Å². The van der Waals surface area contributed by atoms with Crippen molar-refractivity contribution >= 4 is 22.4 Å². The fourth-order valence-corrected chi connectivity index (χ4v) is 2.98. The Morgan fingerprint density at radius 3 is 2.89 bits per heavy atom. The van der Waals surface area contributed by atoms with Gasteiger partial charge < -0.3 is 5.32 Å². The molecule has 1 aliphatic rings. The molecule has 1 aromatic carbocycles. The molecular formula is C15H19NO2S. The average molecular weight is 277 g/mol. The lowest BCUT2D eigenvalue weighted by atomic mass is 10.0. The topological polar surface area (TPSA) is 46.2 Å². The second-order valence-electron chi connectivity index (χ2n) is 4.89. The summed E-state index contributed by atoms with van der Waals surface area (Å²) < 4.78 is 11.3. The molecule has 0 heterocycles. The standard InChI is InChI=1S/C15H19NO2S/c1-19(18)11-13-8-4-5-9-14(13)16-15(17)10-12-6-2-3-7-12/h2,4-6,8-9,12H,3,7,10-11H2,1H3,(H,16,17)/t12-,19+/m1/s1. The zero-order valence-corrected chi connectivity index (χ0v) is 11.9. The number of rotatable bonds is 5. The van der Waals surface area contributed by atoms with Gasteiger partial charge in [0.05, 0.1) is 5.75 Å². The Bertz CT molecular complexity index is 511. The molecular weight excluding hydrogens is 258 g/mol. The predicted molar refractivity (Wildman–Crippen MR) is 79.3 cm³/mol. The van der Waals surface area contributed by atoms with Crippen LogP contribution in [0.3, 0.4) is 0 Å². The summed E-state index contributed by atoms with van der Waals surface area (Å²) in [7, 11) is -0.908. The van der Waals surface area contributed by atoms with E-state index < -0.39 is 10.8 Å². The van der Waals surface area contributed by atoms with Gasteiger partial charge >= 0.3 is 0 Å². The molecule has 1 aromatic rings. The van der Waals surface area contributed by atoms with Gasteiger partial charge in [-0.2, -0.15) is 0 Å². The lowest BCUT2D eigenvalue weighted by Crippen LogP contribution is -2.16. The fraction of sp³-hybridized carbons (Fsp3) is 0.400. The molecule has 0 bridgehead atoms. The number of carbonyl (C=O) groups excluding carboxylic acids is 1. The number of nitrogens with one attached hydrogen (secondary N) is 1. The van der Waals surface area contributed by atoms with Crippen LogP contribution in [0.2, 0.25) is 0 Å². The Balaban J connectivity index is 1.99. The van der Waals surface area contributed by atoms with Crippen LogP contribution in [0.1, 0.15) is 24.8 Å². The zero-order chi connectivity index (χ0) is 13.7. The van der Waals surface area contributed by atoms with Gasteiger partial charge in [-0.3, -0.25) is 9.00 Å². The SMILES string of the molecule is C[S@](=O)Cc1ccccc1NC(=O)C[C@@H]1C=CCC1. The van der Waals surface area contributed by atoms with Gasteiger partial charge in [0.25, 0.3) is 0 Å². The van der Waals surface area contributed by atoms with Crippen LogP contribution in [0.25, 0.3) is 0 Å². The summed E-state index contributed by atoms with van der Waals surface area (Å²) >= 11 is 0. The molecule has 1 N–H and O–H groups in total. The molecule has 0 spiro atoms. The highest BCUT2D eigenvalue weighted by Gasteiger charge is 2.15. The zero-order valence-electron chi connectivity index (χ0n) is 11.1. The minimum absolute atomic E-state index is 0.0332. The molecule has 0 aliphatic heterocycles. The first-order valence-corrected chi connectivity index (χ1v) is 8.22. The average Bonchev–Trinajstić information content (AvgIpc) is 2.83. The molecule has 0 radical (unpaired) electrons. The quantitative estimate of drug-likeness (QED) is 0.841. The maximum Gasteiger partial charge on any atom is 0.224 e. The molecule has 3 nitrogen and oxygen atoms in total. The van der Waals surface area contributed by atoms with Crippen LogP contribution >= 0.6 is 0 Å². The summed E-state index contributed by atoms with van der Waals surface area (Å²) in [5.41, 5.74) is 1.71. The van der Waals surface area contributed by atoms with E-state index in [0.717, 1.165) is 24.1 Å². The molecule has 4 heteroatoms. The van der Waals surface area contributed by atoms with E-state index in [-0.39, 0.29) is 5.91 Å². The second kappa shape index (κ2) is 6.66. The van der Waals surface area contributed by atoms with E-state index in [1.807, 2.05) is 24.3 Å². The Labute approximate surface area is 116 Å². The van der Waals surface area contributed by atoms with Crippen molar-refractivity contribution in [2.24, 2.45) is 5.92 Å². The Morgan fingerprint density at radius 2 is 2.21 bits per heavy atom. The third-order valence-corrected chi connectivity index (χ3v) is 3.93. The number of carbonyl (C=O) groups is 1. The van der Waals surface area contributed by atoms with Crippen LogP contribution in [0.5, 0.6) is 0 Å². The van der Waals surface area contributed by atoms with Crippen LogP contribution in [0.4, 0.5) is 5.69 Å². The van der Waals surface area contributed by atoms with Crippen molar-refractivity contribution < 1.29 is 9.00 Å². The van der Waals surface area contributed by atoms with E-state index in [1.165, 1.54) is 0 Å². The second-order valence-corrected chi connectivity index (χ2v) is 6.33. The fourth-order valence-electron chi connectivity index (χ4n) is 2.29. The van der Waals surface area contributed by atoms with Crippen molar-refractivity contribution in [3.05, 3.63) is 42.0 Å². The summed E-state index contributed by atoms with van der Waals surface area (Å²) in [6, 6.07) is 7.56. The van der Waals surface area contributed by atoms with Crippen molar-refractivity contribution in [1.29, 1.82) is 0 Å². The van der Waals surface area contributed by atoms with Gasteiger partial charge in [-0.1, -0.05) is 30.4 Å². The predicted octanol–water partition coefficient (Wildman–Crippen LogP) is 2.86. The lowest BCUT2D eigenvalue weighted by Gasteiger charge is -2.12. The molecule has 0 saturated heterocycles. The van der Waals surface area contributed by atoms with E-state index in [1.54, 1.807) is 6.26 Å². The lowest BCUT2D eigenvalue weighted by molar-refractivity contribution is -0.116. The van der Waals surface area contributed by atoms with Crippen molar-refractivity contribution in [1.82, 2.24) is 0 Å². The summed E-state index contributed by atoms with van der Waals surface area (Å²) in [4.78, 5) is 12.0. The smallest absolute Gasteiger partial charge is 0.224 e. The number of anilines is 1. The van der Waals surface area contributed by atoms with E-state index in [4.69, 9.17) is 0 Å². The molecule has 1 amide bonds. The van der Waals surface area contributed by atoms with Crippen LogP contribution in [0.15, 0.2) is 36.4 Å². The van der Waals surface area contributed by atoms with Gasteiger partial charge in [-0.05, 0) is 30.4 Å². The highest BCUT2D eigenvalue weighted by Crippen LogP contribution is 2.22. The molecule has 2 atom stereocenters. The number of amides is 1. The number of allylic oxidation sites excluding steroid dienone is 2. The molecule has 0 fully saturated rings. The van der Waals surface area contributed by atoms with Crippen LogP contribution < -0.4 is 5.32 Å². The monoisotopic (exact) mass is 277 g/mol. The van der Waals surface area contributed by atoms with Crippen molar-refractivity contribution in [2.45, 2.75) is 25.0 Å². The third-order valence-electron chi connectivity index (χ3n) is 3.21. The van der Waals surface area contributed by atoms with E-state index in [9.17, 15) is 9.00 Å². The van der Waals surface area contributed by atoms with E-state index in [2.05, 4.69) is 17.5 Å². The molecule has 102 valence electrons. The molecule has 0 aromatic heterocycles. The number of hydrogen-bond donors (Lipinski definition) is 1. The molecule has 1 aliphatic carbocycles. The Hall–Kier alpha value is -1.42. The molecule has 0 saturated carbocycles. The first-order valence-electron chi connectivity index (χ1n) is 6.49. The van der Waals surface area contributed by atoms with Crippen molar-refractivity contribution in [3.63, 3.8) is 0 Å². The van der Waals surface area contributed by atoms with Crippen LogP contribution in [0, 0.1) is 5.92 Å². The first kappa shape index (κ1) is 14.0. The number of benzene rings is 1. The van der Waals surface area contributed by atoms with Gasteiger partial charge in [-0.15, -0.1) is 0 Å². The minimum Gasteiger partial charge on any atom is -0.326 e. The first-order chi connectivity index (χ1) is 9.15. The van der Waals surface area contributed by atoms with Crippen LogP contribution in [-0.2, 0) is 21.3 Å². The molecule has 2 rings (SSSR count). The molecule has 19 heavy (non-hydrogen) atoms. The third kappa shape index (κ3) is 4.31. The summed E-state index contributed by atoms with van der Waals surface area (Å²) in [5.74, 6) is 0.873. The summed E-state index contributed by atoms with van der Waals surface area (Å²) in [6.45, 7) is 0. The highest BCUT2D eigenvalue weighted by atomic mass is 32.2. The van der Waals surface area contributed by atoms with Gasteiger partial charge in [0, 0.05) is 29.2 Å². The van der Waals surface area contributed by atoms with Crippen molar-refractivity contribution in [2.75, 3.05) is 11.6 Å². The Kier molecular flexibility index (Phi) is 4.91. The van der Waals surface area contributed by atoms with E-state index in [0.29, 0.717) is 18.1 Å². The normalized spacial score (nSPS) is 19.3. The summed E-state index contributed by atoms with van der Waals surface area (Å²) in [6.07, 6.45) is 8.58. The maximum absolute atomic E-state index is 12.0. The Morgan fingerprint density at radius 1 is 1.42 bits per heavy atom. The van der Waals surface area contributed by atoms with Crippen LogP contribution in [-0.4, -0.2) is 16.4 Å². The molecule has 0 unspecified atom stereocenters. The largest absolute Gasteiger partial charge is 0.326 e.